The monoisotopic (exact) mass is 198 g/mol. The van der Waals surface area contributed by atoms with Crippen molar-refractivity contribution in [2.45, 2.75) is 12.8 Å². The Labute approximate surface area is 84.6 Å². The number of aliphatic carboxylic acids is 1. The quantitative estimate of drug-likeness (QED) is 0.646. The minimum absolute atomic E-state index is 0.646. The number of hydrogen-bond acceptors (Lipinski definition) is 3. The van der Waals surface area contributed by atoms with E-state index in [4.69, 9.17) is 5.11 Å². The van der Waals surface area contributed by atoms with Gasteiger partial charge in [0.15, 0.2) is 0 Å². The van der Waals surface area contributed by atoms with Crippen LogP contribution in [0, 0.1) is 5.92 Å². The average molecular weight is 198 g/mol. The molecule has 1 unspecified atom stereocenters. The van der Waals surface area contributed by atoms with E-state index >= 15 is 0 Å². The third-order valence-corrected chi connectivity index (χ3v) is 2.47. The Balaban J connectivity index is 2.35. The van der Waals surface area contributed by atoms with Gasteiger partial charge in [0.05, 0.1) is 0 Å². The highest BCUT2D eigenvalue weighted by Gasteiger charge is 2.16. The van der Waals surface area contributed by atoms with Crippen molar-refractivity contribution in [3.63, 3.8) is 0 Å². The molecule has 0 radical (unpaired) electrons. The molecule has 0 saturated carbocycles. The number of nitrogens with one attached hydrogen (secondary N) is 1. The number of piperidine rings is 1. The Morgan fingerprint density at radius 2 is 2.50 bits per heavy atom. The second-order valence-corrected chi connectivity index (χ2v) is 3.71. The van der Waals surface area contributed by atoms with Crippen LogP contribution in [-0.4, -0.2) is 42.7 Å². The van der Waals surface area contributed by atoms with Crippen LogP contribution in [0.3, 0.4) is 0 Å². The zero-order chi connectivity index (χ0) is 10.4. The van der Waals surface area contributed by atoms with Gasteiger partial charge in [-0.1, -0.05) is 0 Å². The number of carboxylic acid groups (broad SMARTS) is 1. The first-order valence-corrected chi connectivity index (χ1v) is 5.02. The van der Waals surface area contributed by atoms with Gasteiger partial charge in [-0.15, -0.1) is 0 Å². The number of likely N-dealkylation sites (tertiary alicyclic amines) is 1. The summed E-state index contributed by atoms with van der Waals surface area (Å²) in [6.07, 6.45) is 5.28. The molecule has 4 heteroatoms. The van der Waals surface area contributed by atoms with Crippen LogP contribution in [-0.2, 0) is 4.79 Å². The molecule has 80 valence electrons. The summed E-state index contributed by atoms with van der Waals surface area (Å²) < 4.78 is 0. The molecule has 0 aromatic heterocycles. The van der Waals surface area contributed by atoms with Crippen molar-refractivity contribution < 1.29 is 9.90 Å². The van der Waals surface area contributed by atoms with Gasteiger partial charge in [0.1, 0.15) is 0 Å². The lowest BCUT2D eigenvalue weighted by molar-refractivity contribution is -0.131. The number of carbonyl (C=O) groups is 1. The zero-order valence-electron chi connectivity index (χ0n) is 8.57. The SMILES string of the molecule is CNCC1CCCN(C=CC(=O)O)C1. The molecule has 0 bridgehead atoms. The Kier molecular flexibility index (Phi) is 4.46. The Bertz CT molecular complexity index is 214. The molecule has 1 saturated heterocycles. The number of rotatable bonds is 4. The summed E-state index contributed by atoms with van der Waals surface area (Å²) in [6, 6.07) is 0. The Morgan fingerprint density at radius 3 is 3.14 bits per heavy atom. The minimum Gasteiger partial charge on any atom is -0.478 e. The molecular formula is C10H18N2O2. The van der Waals surface area contributed by atoms with Crippen molar-refractivity contribution in [2.75, 3.05) is 26.7 Å². The highest BCUT2D eigenvalue weighted by atomic mass is 16.4. The second-order valence-electron chi connectivity index (χ2n) is 3.71. The van der Waals surface area contributed by atoms with E-state index < -0.39 is 5.97 Å². The summed E-state index contributed by atoms with van der Waals surface area (Å²) in [6.45, 7) is 2.95. The third kappa shape index (κ3) is 3.79. The maximum Gasteiger partial charge on any atom is 0.329 e. The maximum atomic E-state index is 10.3. The molecular weight excluding hydrogens is 180 g/mol. The van der Waals surface area contributed by atoms with E-state index in [0.717, 1.165) is 26.1 Å². The van der Waals surface area contributed by atoms with E-state index in [2.05, 4.69) is 10.2 Å². The second kappa shape index (κ2) is 5.65. The fourth-order valence-electron chi connectivity index (χ4n) is 1.86. The summed E-state index contributed by atoms with van der Waals surface area (Å²) in [7, 11) is 1.95. The first kappa shape index (κ1) is 11.0. The molecule has 0 aliphatic carbocycles. The summed E-state index contributed by atoms with van der Waals surface area (Å²) in [5, 5.41) is 11.6. The fourth-order valence-corrected chi connectivity index (χ4v) is 1.86. The van der Waals surface area contributed by atoms with Crippen LogP contribution in [0.2, 0.25) is 0 Å². The van der Waals surface area contributed by atoms with Crippen molar-refractivity contribution in [2.24, 2.45) is 5.92 Å². The molecule has 1 atom stereocenters. The Morgan fingerprint density at radius 1 is 1.71 bits per heavy atom. The van der Waals surface area contributed by atoms with E-state index in [1.54, 1.807) is 6.20 Å². The van der Waals surface area contributed by atoms with E-state index in [0.29, 0.717) is 5.92 Å². The number of nitrogens with zero attached hydrogens (tertiary/aromatic N) is 1. The maximum absolute atomic E-state index is 10.3. The molecule has 1 aliphatic rings. The van der Waals surface area contributed by atoms with Crippen LogP contribution >= 0.6 is 0 Å². The Hall–Kier alpha value is -1.03. The highest BCUT2D eigenvalue weighted by molar-refractivity contribution is 5.79. The van der Waals surface area contributed by atoms with Crippen molar-refractivity contribution in [3.05, 3.63) is 12.3 Å². The van der Waals surface area contributed by atoms with Gasteiger partial charge in [0, 0.05) is 25.4 Å². The van der Waals surface area contributed by atoms with E-state index in [1.807, 2.05) is 7.05 Å². The van der Waals surface area contributed by atoms with Crippen molar-refractivity contribution in [1.82, 2.24) is 10.2 Å². The van der Waals surface area contributed by atoms with Crippen LogP contribution in [0.5, 0.6) is 0 Å². The van der Waals surface area contributed by atoms with Gasteiger partial charge >= 0.3 is 5.97 Å². The van der Waals surface area contributed by atoms with Crippen LogP contribution in [0.25, 0.3) is 0 Å². The topological polar surface area (TPSA) is 52.6 Å². The van der Waals surface area contributed by atoms with Gasteiger partial charge in [0.25, 0.3) is 0 Å². The number of hydrogen-bond donors (Lipinski definition) is 2. The molecule has 0 amide bonds. The van der Waals surface area contributed by atoms with Crippen LogP contribution in [0.15, 0.2) is 12.3 Å². The fraction of sp³-hybridized carbons (Fsp3) is 0.700. The smallest absolute Gasteiger partial charge is 0.329 e. The molecule has 1 rings (SSSR count). The van der Waals surface area contributed by atoms with Gasteiger partial charge in [-0.05, 0) is 32.4 Å². The van der Waals surface area contributed by atoms with Crippen LogP contribution in [0.1, 0.15) is 12.8 Å². The number of carboxylic acids is 1. The molecule has 0 aromatic carbocycles. The lowest BCUT2D eigenvalue weighted by Crippen LogP contribution is -2.36. The van der Waals surface area contributed by atoms with Gasteiger partial charge in [-0.3, -0.25) is 0 Å². The summed E-state index contributed by atoms with van der Waals surface area (Å²) >= 11 is 0. The van der Waals surface area contributed by atoms with Gasteiger partial charge in [-0.25, -0.2) is 4.79 Å². The molecule has 2 N–H and O–H groups in total. The van der Waals surface area contributed by atoms with Crippen LogP contribution < -0.4 is 5.32 Å². The molecule has 0 aromatic rings. The van der Waals surface area contributed by atoms with Crippen molar-refractivity contribution in [1.29, 1.82) is 0 Å². The predicted octanol–water partition coefficient (Wildman–Crippen LogP) is 0.516. The van der Waals surface area contributed by atoms with Crippen LogP contribution in [0.4, 0.5) is 0 Å². The molecule has 1 aliphatic heterocycles. The van der Waals surface area contributed by atoms with E-state index in [9.17, 15) is 4.79 Å². The third-order valence-electron chi connectivity index (χ3n) is 2.47. The molecule has 1 fully saturated rings. The standard InChI is InChI=1S/C10H18N2O2/c1-11-7-9-3-2-5-12(8-9)6-4-10(13)14/h4,6,9,11H,2-3,5,7-8H2,1H3,(H,13,14). The summed E-state index contributed by atoms with van der Waals surface area (Å²) in [4.78, 5) is 12.4. The molecule has 0 spiro atoms. The first-order valence-electron chi connectivity index (χ1n) is 5.02. The average Bonchev–Trinajstić information content (AvgIpc) is 2.16. The highest BCUT2D eigenvalue weighted by Crippen LogP contribution is 2.15. The molecule has 14 heavy (non-hydrogen) atoms. The van der Waals surface area contributed by atoms with Gasteiger partial charge in [-0.2, -0.15) is 0 Å². The molecule has 1 heterocycles. The predicted molar refractivity (Wildman–Crippen MR) is 55.0 cm³/mol. The van der Waals surface area contributed by atoms with Gasteiger partial charge in [0.2, 0.25) is 0 Å². The lowest BCUT2D eigenvalue weighted by Gasteiger charge is -2.31. The van der Waals surface area contributed by atoms with Crippen molar-refractivity contribution >= 4 is 5.97 Å². The first-order chi connectivity index (χ1) is 6.72. The normalized spacial score (nSPS) is 22.9. The lowest BCUT2D eigenvalue weighted by atomic mass is 9.98. The molecule has 4 nitrogen and oxygen atoms in total. The summed E-state index contributed by atoms with van der Waals surface area (Å²) in [5.74, 6) is -0.229. The zero-order valence-corrected chi connectivity index (χ0v) is 8.57. The minimum atomic E-state index is -0.874. The largest absolute Gasteiger partial charge is 0.478 e. The van der Waals surface area contributed by atoms with Crippen molar-refractivity contribution in [3.8, 4) is 0 Å². The summed E-state index contributed by atoms with van der Waals surface area (Å²) in [5.41, 5.74) is 0. The van der Waals surface area contributed by atoms with Gasteiger partial charge < -0.3 is 15.3 Å². The van der Waals surface area contributed by atoms with E-state index in [-0.39, 0.29) is 0 Å². The van der Waals surface area contributed by atoms with E-state index in [1.165, 1.54) is 12.5 Å².